The Balaban J connectivity index is 1.80. The van der Waals surface area contributed by atoms with E-state index in [4.69, 9.17) is 0 Å². The van der Waals surface area contributed by atoms with Crippen molar-refractivity contribution in [2.75, 3.05) is 6.54 Å². The van der Waals surface area contributed by atoms with Crippen molar-refractivity contribution in [3.63, 3.8) is 0 Å². The van der Waals surface area contributed by atoms with Gasteiger partial charge in [0.25, 0.3) is 0 Å². The Morgan fingerprint density at radius 3 is 2.81 bits per heavy atom. The molecule has 0 aliphatic rings. The average Bonchev–Trinajstić information content (AvgIpc) is 2.91. The standard InChI is InChI=1S/C15H18F3N3/c1-12(10-21-6-5-19-11-21)8-20-9-13-3-2-4-14(7-13)15(16,17)18/h2-7,11-12,20H,8-10H2,1H3. The summed E-state index contributed by atoms with van der Waals surface area (Å²) in [6.07, 6.45) is 1.08. The number of nitrogens with zero attached hydrogens (tertiary/aromatic N) is 2. The molecule has 6 heteroatoms. The fourth-order valence-corrected chi connectivity index (χ4v) is 2.14. The van der Waals surface area contributed by atoms with Crippen molar-refractivity contribution in [3.05, 3.63) is 54.1 Å². The summed E-state index contributed by atoms with van der Waals surface area (Å²) in [5.41, 5.74) is 0.0351. The third-order valence-electron chi connectivity index (χ3n) is 3.16. The van der Waals surface area contributed by atoms with Crippen LogP contribution in [-0.2, 0) is 19.3 Å². The van der Waals surface area contributed by atoms with Crippen LogP contribution in [0.25, 0.3) is 0 Å². The molecule has 0 amide bonds. The molecule has 1 heterocycles. The van der Waals surface area contributed by atoms with E-state index in [0.717, 1.165) is 19.2 Å². The zero-order valence-corrected chi connectivity index (χ0v) is 11.8. The molecule has 3 nitrogen and oxygen atoms in total. The molecule has 0 aliphatic heterocycles. The molecular formula is C15H18F3N3. The molecule has 0 spiro atoms. The fourth-order valence-electron chi connectivity index (χ4n) is 2.14. The molecule has 0 fully saturated rings. The summed E-state index contributed by atoms with van der Waals surface area (Å²) in [5.74, 6) is 0.366. The Hall–Kier alpha value is -1.82. The van der Waals surface area contributed by atoms with Crippen LogP contribution in [0.4, 0.5) is 13.2 Å². The molecule has 21 heavy (non-hydrogen) atoms. The van der Waals surface area contributed by atoms with Gasteiger partial charge in [0.2, 0.25) is 0 Å². The van der Waals surface area contributed by atoms with Crippen molar-refractivity contribution in [1.82, 2.24) is 14.9 Å². The number of rotatable bonds is 6. The monoisotopic (exact) mass is 297 g/mol. The van der Waals surface area contributed by atoms with Gasteiger partial charge in [-0.05, 0) is 24.1 Å². The summed E-state index contributed by atoms with van der Waals surface area (Å²) in [6, 6.07) is 5.41. The van der Waals surface area contributed by atoms with Crippen LogP contribution >= 0.6 is 0 Å². The van der Waals surface area contributed by atoms with Crippen LogP contribution in [-0.4, -0.2) is 16.1 Å². The summed E-state index contributed by atoms with van der Waals surface area (Å²) in [4.78, 5) is 3.97. The summed E-state index contributed by atoms with van der Waals surface area (Å²) >= 11 is 0. The van der Waals surface area contributed by atoms with Crippen LogP contribution < -0.4 is 5.32 Å². The first-order valence-electron chi connectivity index (χ1n) is 6.78. The quantitative estimate of drug-likeness (QED) is 0.886. The van der Waals surface area contributed by atoms with Gasteiger partial charge in [-0.3, -0.25) is 0 Å². The zero-order valence-electron chi connectivity index (χ0n) is 11.8. The number of hydrogen-bond donors (Lipinski definition) is 1. The number of nitrogens with one attached hydrogen (secondary N) is 1. The first kappa shape index (κ1) is 15.6. The number of halogens is 3. The molecule has 1 aromatic heterocycles. The number of imidazole rings is 1. The normalized spacial score (nSPS) is 13.3. The van der Waals surface area contributed by atoms with Gasteiger partial charge >= 0.3 is 6.18 Å². The first-order valence-corrected chi connectivity index (χ1v) is 6.78. The largest absolute Gasteiger partial charge is 0.416 e. The van der Waals surface area contributed by atoms with Gasteiger partial charge in [0.15, 0.2) is 0 Å². The smallest absolute Gasteiger partial charge is 0.337 e. The van der Waals surface area contributed by atoms with Gasteiger partial charge in [0.05, 0.1) is 11.9 Å². The van der Waals surface area contributed by atoms with Gasteiger partial charge < -0.3 is 9.88 Å². The average molecular weight is 297 g/mol. The van der Waals surface area contributed by atoms with Crippen molar-refractivity contribution in [2.24, 2.45) is 5.92 Å². The third kappa shape index (κ3) is 4.90. The van der Waals surface area contributed by atoms with Crippen molar-refractivity contribution in [2.45, 2.75) is 26.2 Å². The van der Waals surface area contributed by atoms with Crippen molar-refractivity contribution < 1.29 is 13.2 Å². The minimum Gasteiger partial charge on any atom is -0.337 e. The van der Waals surface area contributed by atoms with Crippen LogP contribution in [0.2, 0.25) is 0 Å². The molecule has 1 aromatic carbocycles. The lowest BCUT2D eigenvalue weighted by Gasteiger charge is -2.14. The van der Waals surface area contributed by atoms with Gasteiger partial charge in [-0.2, -0.15) is 13.2 Å². The summed E-state index contributed by atoms with van der Waals surface area (Å²) in [6.45, 7) is 4.07. The molecule has 0 saturated carbocycles. The number of hydrogen-bond acceptors (Lipinski definition) is 2. The van der Waals surface area contributed by atoms with Gasteiger partial charge in [-0.25, -0.2) is 4.98 Å². The van der Waals surface area contributed by atoms with Crippen LogP contribution in [0.15, 0.2) is 43.0 Å². The zero-order chi connectivity index (χ0) is 15.3. The highest BCUT2D eigenvalue weighted by Crippen LogP contribution is 2.29. The lowest BCUT2D eigenvalue weighted by Crippen LogP contribution is -2.23. The minimum absolute atomic E-state index is 0.366. The summed E-state index contributed by atoms with van der Waals surface area (Å²) < 4.78 is 39.8. The predicted octanol–water partition coefficient (Wildman–Crippen LogP) is 3.33. The van der Waals surface area contributed by atoms with E-state index in [1.54, 1.807) is 18.6 Å². The SMILES string of the molecule is CC(CNCc1cccc(C(F)(F)F)c1)Cn1ccnc1. The Morgan fingerprint density at radius 1 is 1.33 bits per heavy atom. The molecule has 114 valence electrons. The molecule has 2 rings (SSSR count). The molecule has 0 bridgehead atoms. The Labute approximate surface area is 121 Å². The number of benzene rings is 1. The molecule has 1 atom stereocenters. The highest BCUT2D eigenvalue weighted by Gasteiger charge is 2.30. The molecular weight excluding hydrogens is 279 g/mol. The van der Waals surface area contributed by atoms with Gasteiger partial charge in [-0.15, -0.1) is 0 Å². The van der Waals surface area contributed by atoms with E-state index in [-0.39, 0.29) is 0 Å². The predicted molar refractivity (Wildman–Crippen MR) is 74.5 cm³/mol. The van der Waals surface area contributed by atoms with Crippen LogP contribution in [0.3, 0.4) is 0 Å². The van der Waals surface area contributed by atoms with Crippen molar-refractivity contribution in [1.29, 1.82) is 0 Å². The highest BCUT2D eigenvalue weighted by atomic mass is 19.4. The maximum absolute atomic E-state index is 12.6. The van der Waals surface area contributed by atoms with E-state index in [1.165, 1.54) is 12.1 Å². The molecule has 0 radical (unpaired) electrons. The Morgan fingerprint density at radius 2 is 2.14 bits per heavy atom. The topological polar surface area (TPSA) is 29.9 Å². The Bertz CT molecular complexity index is 550. The van der Waals surface area contributed by atoms with Crippen molar-refractivity contribution >= 4 is 0 Å². The van der Waals surface area contributed by atoms with Crippen LogP contribution in [0.1, 0.15) is 18.1 Å². The second kappa shape index (κ2) is 6.76. The second-order valence-electron chi connectivity index (χ2n) is 5.19. The van der Waals surface area contributed by atoms with Gasteiger partial charge in [-0.1, -0.05) is 25.1 Å². The molecule has 1 unspecified atom stereocenters. The first-order chi connectivity index (χ1) is 9.95. The molecule has 0 saturated heterocycles. The summed E-state index contributed by atoms with van der Waals surface area (Å²) in [7, 11) is 0. The van der Waals surface area contributed by atoms with E-state index >= 15 is 0 Å². The van der Waals surface area contributed by atoms with Gasteiger partial charge in [0, 0.05) is 25.5 Å². The van der Waals surface area contributed by atoms with Crippen LogP contribution in [0.5, 0.6) is 0 Å². The van der Waals surface area contributed by atoms with E-state index in [1.807, 2.05) is 10.8 Å². The number of aromatic nitrogens is 2. The minimum atomic E-state index is -4.29. The Kier molecular flexibility index (Phi) is 5.01. The molecule has 1 N–H and O–H groups in total. The van der Waals surface area contributed by atoms with Crippen molar-refractivity contribution in [3.8, 4) is 0 Å². The maximum atomic E-state index is 12.6. The molecule has 2 aromatic rings. The maximum Gasteiger partial charge on any atom is 0.416 e. The lowest BCUT2D eigenvalue weighted by atomic mass is 10.1. The second-order valence-corrected chi connectivity index (χ2v) is 5.19. The van der Waals surface area contributed by atoms with E-state index in [2.05, 4.69) is 17.2 Å². The van der Waals surface area contributed by atoms with E-state index in [0.29, 0.717) is 18.0 Å². The van der Waals surface area contributed by atoms with E-state index in [9.17, 15) is 13.2 Å². The number of alkyl halides is 3. The fraction of sp³-hybridized carbons (Fsp3) is 0.400. The van der Waals surface area contributed by atoms with E-state index < -0.39 is 11.7 Å². The summed E-state index contributed by atoms with van der Waals surface area (Å²) in [5, 5.41) is 3.19. The van der Waals surface area contributed by atoms with Gasteiger partial charge in [0.1, 0.15) is 0 Å². The molecule has 0 aliphatic carbocycles. The highest BCUT2D eigenvalue weighted by molar-refractivity contribution is 5.25. The van der Waals surface area contributed by atoms with Crippen LogP contribution in [0, 0.1) is 5.92 Å². The third-order valence-corrected chi connectivity index (χ3v) is 3.16. The lowest BCUT2D eigenvalue weighted by molar-refractivity contribution is -0.137.